The molecule has 2 aromatic rings. The number of amides is 3. The molecule has 1 aromatic carbocycles. The van der Waals surface area contributed by atoms with Crippen molar-refractivity contribution >= 4 is 34.4 Å². The van der Waals surface area contributed by atoms with E-state index in [-0.39, 0.29) is 56.7 Å². The average molecular weight is 795 g/mol. The molecular formula is C41H62N8O8. The van der Waals surface area contributed by atoms with E-state index in [0.29, 0.717) is 64.4 Å². The number of nitrogens with zero attached hydrogens (tertiary/aromatic N) is 6. The van der Waals surface area contributed by atoms with Gasteiger partial charge in [-0.25, -0.2) is 9.97 Å². The Kier molecular flexibility index (Phi) is 16.8. The molecule has 2 saturated heterocycles. The van der Waals surface area contributed by atoms with E-state index >= 15 is 0 Å². The summed E-state index contributed by atoms with van der Waals surface area (Å²) in [5.41, 5.74) is 1.29. The first kappa shape index (κ1) is 44.1. The number of likely N-dealkylation sites (tertiary alicyclic amines) is 1. The molecule has 0 spiro atoms. The number of β-amino-alcohol motifs (C(OH)–C–C–N with tert-alkyl or cyclic N) is 1. The largest absolute Gasteiger partial charge is 0.391 e. The number of aliphatic hydroxyl groups excluding tert-OH is 1. The van der Waals surface area contributed by atoms with Crippen molar-refractivity contribution in [1.82, 2.24) is 30.0 Å². The normalized spacial score (nSPS) is 22.3. The maximum atomic E-state index is 13.2. The van der Waals surface area contributed by atoms with Crippen molar-refractivity contribution in [3.8, 4) is 6.07 Å². The van der Waals surface area contributed by atoms with Crippen molar-refractivity contribution in [3.63, 3.8) is 0 Å². The number of ether oxygens (including phenoxy) is 4. The van der Waals surface area contributed by atoms with Crippen LogP contribution in [0.15, 0.2) is 24.5 Å². The Morgan fingerprint density at radius 1 is 0.930 bits per heavy atom. The lowest BCUT2D eigenvalue weighted by Crippen LogP contribution is -2.56. The van der Waals surface area contributed by atoms with Crippen LogP contribution >= 0.6 is 0 Å². The zero-order valence-electron chi connectivity index (χ0n) is 34.1. The minimum Gasteiger partial charge on any atom is -0.391 e. The second-order valence-corrected chi connectivity index (χ2v) is 16.4. The van der Waals surface area contributed by atoms with Crippen LogP contribution in [-0.4, -0.2) is 163 Å². The first-order chi connectivity index (χ1) is 27.4. The molecule has 5 rings (SSSR count). The van der Waals surface area contributed by atoms with Crippen LogP contribution in [0.3, 0.4) is 0 Å². The van der Waals surface area contributed by atoms with Gasteiger partial charge in [0.1, 0.15) is 31.4 Å². The van der Waals surface area contributed by atoms with E-state index in [1.165, 1.54) is 0 Å². The molecule has 16 nitrogen and oxygen atoms in total. The van der Waals surface area contributed by atoms with Crippen molar-refractivity contribution in [2.45, 2.75) is 96.5 Å². The summed E-state index contributed by atoms with van der Waals surface area (Å²) in [5, 5.41) is 26.4. The lowest BCUT2D eigenvalue weighted by atomic mass is 9.85. The zero-order chi connectivity index (χ0) is 40.8. The van der Waals surface area contributed by atoms with E-state index in [2.05, 4.69) is 31.6 Å². The van der Waals surface area contributed by atoms with Crippen molar-refractivity contribution in [3.05, 3.63) is 30.1 Å². The van der Waals surface area contributed by atoms with Crippen LogP contribution in [0.25, 0.3) is 10.9 Å². The van der Waals surface area contributed by atoms with Gasteiger partial charge in [0, 0.05) is 56.2 Å². The third-order valence-corrected chi connectivity index (χ3v) is 11.0. The molecule has 3 aliphatic rings. The predicted molar refractivity (Wildman–Crippen MR) is 213 cm³/mol. The van der Waals surface area contributed by atoms with E-state index in [9.17, 15) is 19.5 Å². The molecule has 314 valence electrons. The van der Waals surface area contributed by atoms with E-state index in [0.717, 1.165) is 61.1 Å². The number of aliphatic hydroxyl groups is 1. The summed E-state index contributed by atoms with van der Waals surface area (Å²) < 4.78 is 22.1. The monoisotopic (exact) mass is 794 g/mol. The Morgan fingerprint density at radius 2 is 1.58 bits per heavy atom. The second-order valence-electron chi connectivity index (χ2n) is 16.4. The van der Waals surface area contributed by atoms with Gasteiger partial charge in [0.2, 0.25) is 17.7 Å². The quantitative estimate of drug-likeness (QED) is 0.176. The third-order valence-electron chi connectivity index (χ3n) is 11.0. The van der Waals surface area contributed by atoms with Crippen molar-refractivity contribution in [1.29, 1.82) is 5.26 Å². The van der Waals surface area contributed by atoms with Gasteiger partial charge >= 0.3 is 0 Å². The lowest BCUT2D eigenvalue weighted by molar-refractivity contribution is -0.141. The number of benzene rings is 1. The fourth-order valence-corrected chi connectivity index (χ4v) is 7.83. The van der Waals surface area contributed by atoms with Gasteiger partial charge in [0.15, 0.2) is 0 Å². The Bertz CT molecular complexity index is 1650. The highest BCUT2D eigenvalue weighted by molar-refractivity contribution is 5.90. The van der Waals surface area contributed by atoms with Crippen LogP contribution in [0.2, 0.25) is 0 Å². The van der Waals surface area contributed by atoms with Crippen molar-refractivity contribution < 1.29 is 38.4 Å². The minimum absolute atomic E-state index is 0.00190. The topological polar surface area (TPSA) is 192 Å². The van der Waals surface area contributed by atoms with Gasteiger partial charge in [-0.05, 0) is 62.1 Å². The average Bonchev–Trinajstić information content (AvgIpc) is 3.54. The number of rotatable bonds is 19. The number of hydrogen-bond acceptors (Lipinski definition) is 13. The van der Waals surface area contributed by atoms with Crippen LogP contribution in [0.5, 0.6) is 0 Å². The number of nitriles is 1. The molecule has 0 unspecified atom stereocenters. The van der Waals surface area contributed by atoms with E-state index in [4.69, 9.17) is 24.2 Å². The summed E-state index contributed by atoms with van der Waals surface area (Å²) in [7, 11) is 0. The minimum atomic E-state index is -0.731. The Hall–Kier alpha value is -3.98. The fraction of sp³-hybridized carbons (Fsp3) is 0.707. The van der Waals surface area contributed by atoms with Gasteiger partial charge in [-0.2, -0.15) is 5.26 Å². The summed E-state index contributed by atoms with van der Waals surface area (Å²) in [4.78, 5) is 53.5. The number of hydrogen-bond donors (Lipinski definition) is 3. The van der Waals surface area contributed by atoms with Gasteiger partial charge in [0.05, 0.1) is 63.8 Å². The number of fused-ring (bicyclic) bond motifs is 1. The SMILES string of the molecule is C[C@@H]1C[C@@H](O)CN1C(=O)[C@@H](NC(=O)COCCOCCOCCOCC(=O)N1CCN(C2CCC(Nc3ncnc4cc(CC#N)ccc34)CC2)CC1)C(C)(C)C. The van der Waals surface area contributed by atoms with Gasteiger partial charge in [-0.15, -0.1) is 0 Å². The summed E-state index contributed by atoms with van der Waals surface area (Å²) in [6.07, 6.45) is 6.22. The molecule has 3 amide bonds. The van der Waals surface area contributed by atoms with E-state index < -0.39 is 17.6 Å². The highest BCUT2D eigenvalue weighted by Gasteiger charge is 2.40. The smallest absolute Gasteiger partial charge is 0.248 e. The lowest BCUT2D eigenvalue weighted by Gasteiger charge is -2.42. The molecule has 1 aromatic heterocycles. The first-order valence-electron chi connectivity index (χ1n) is 20.4. The zero-order valence-corrected chi connectivity index (χ0v) is 34.1. The third kappa shape index (κ3) is 13.3. The van der Waals surface area contributed by atoms with Crippen LogP contribution in [-0.2, 0) is 39.8 Å². The molecule has 1 saturated carbocycles. The number of piperazine rings is 1. The number of carbonyl (C=O) groups is 3. The van der Waals surface area contributed by atoms with E-state index in [1.54, 1.807) is 11.2 Å². The van der Waals surface area contributed by atoms with Crippen molar-refractivity contribution in [2.75, 3.05) is 90.9 Å². The molecule has 3 N–H and O–H groups in total. The van der Waals surface area contributed by atoms with Crippen LogP contribution in [0, 0.1) is 16.7 Å². The molecule has 0 bridgehead atoms. The second kappa shape index (κ2) is 21.7. The Balaban J connectivity index is 0.851. The fourth-order valence-electron chi connectivity index (χ4n) is 7.83. The number of aromatic nitrogens is 2. The van der Waals surface area contributed by atoms with Crippen LogP contribution in [0.1, 0.15) is 65.4 Å². The summed E-state index contributed by atoms with van der Waals surface area (Å²) >= 11 is 0. The molecule has 3 atom stereocenters. The summed E-state index contributed by atoms with van der Waals surface area (Å²) in [5.74, 6) is 0.263. The van der Waals surface area contributed by atoms with Crippen molar-refractivity contribution in [2.24, 2.45) is 5.41 Å². The van der Waals surface area contributed by atoms with Crippen LogP contribution in [0.4, 0.5) is 5.82 Å². The number of anilines is 1. The van der Waals surface area contributed by atoms with Gasteiger partial charge in [-0.3, -0.25) is 19.3 Å². The van der Waals surface area contributed by atoms with E-state index in [1.807, 2.05) is 50.8 Å². The summed E-state index contributed by atoms with van der Waals surface area (Å²) in [6, 6.07) is 8.16. The summed E-state index contributed by atoms with van der Waals surface area (Å²) in [6.45, 7) is 12.7. The highest BCUT2D eigenvalue weighted by Crippen LogP contribution is 2.29. The molecule has 0 radical (unpaired) electrons. The van der Waals surface area contributed by atoms with Crippen LogP contribution < -0.4 is 10.6 Å². The Morgan fingerprint density at radius 3 is 2.19 bits per heavy atom. The predicted octanol–water partition coefficient (Wildman–Crippen LogP) is 2.14. The molecule has 2 aliphatic heterocycles. The van der Waals surface area contributed by atoms with Gasteiger partial charge in [0.25, 0.3) is 0 Å². The highest BCUT2D eigenvalue weighted by atomic mass is 16.6. The Labute approximate surface area is 336 Å². The first-order valence-corrected chi connectivity index (χ1v) is 20.4. The number of nitrogens with one attached hydrogen (secondary N) is 2. The molecule has 16 heteroatoms. The van der Waals surface area contributed by atoms with Gasteiger partial charge < -0.3 is 44.5 Å². The standard InChI is InChI=1S/C41H62N8O8/c1-29-23-33(50)25-49(29)40(53)38(41(2,3)4)46-36(51)26-56-21-19-54-17-18-55-20-22-57-27-37(52)48-15-13-47(14-16-48)32-8-6-31(7-9-32)45-39-34-10-5-30(11-12-42)24-35(34)43-28-44-39/h5,10,24,28-29,31-33,38,50H,6-9,11,13-23,25-27H2,1-4H3,(H,46,51)(H,43,44,45)/t29-,31?,32?,33-,38-/m1/s1. The molecule has 3 heterocycles. The van der Waals surface area contributed by atoms with Gasteiger partial charge in [-0.1, -0.05) is 26.8 Å². The maximum absolute atomic E-state index is 13.2. The molecule has 57 heavy (non-hydrogen) atoms. The number of carbonyl (C=O) groups excluding carboxylic acids is 3. The molecule has 3 fully saturated rings. The molecule has 1 aliphatic carbocycles. The maximum Gasteiger partial charge on any atom is 0.248 e. The molecular weight excluding hydrogens is 732 g/mol.